The SMILES string of the molecule is CCCC(=O)Nc1ccc(CN=C(NCC)NCCc2ncc(C)s2)cc1. The molecule has 0 atom stereocenters. The average molecular weight is 388 g/mol. The molecule has 0 aliphatic heterocycles. The Balaban J connectivity index is 1.84. The molecule has 0 bridgehead atoms. The third kappa shape index (κ3) is 7.78. The van der Waals surface area contributed by atoms with Crippen LogP contribution in [0.25, 0.3) is 0 Å². The molecule has 2 rings (SSSR count). The van der Waals surface area contributed by atoms with Crippen molar-refractivity contribution < 1.29 is 4.79 Å². The van der Waals surface area contributed by atoms with Gasteiger partial charge in [-0.3, -0.25) is 4.79 Å². The van der Waals surface area contributed by atoms with Gasteiger partial charge in [-0.05, 0) is 38.0 Å². The van der Waals surface area contributed by atoms with Crippen molar-refractivity contribution in [1.29, 1.82) is 0 Å². The Morgan fingerprint density at radius 2 is 1.96 bits per heavy atom. The van der Waals surface area contributed by atoms with Crippen LogP contribution in [0.15, 0.2) is 35.5 Å². The molecule has 0 spiro atoms. The lowest BCUT2D eigenvalue weighted by Gasteiger charge is -2.11. The number of anilines is 1. The third-order valence-electron chi connectivity index (χ3n) is 3.78. The van der Waals surface area contributed by atoms with Crippen molar-refractivity contribution in [2.45, 2.75) is 46.6 Å². The van der Waals surface area contributed by atoms with E-state index in [9.17, 15) is 4.79 Å². The monoisotopic (exact) mass is 387 g/mol. The highest BCUT2D eigenvalue weighted by atomic mass is 32.1. The van der Waals surface area contributed by atoms with Gasteiger partial charge in [-0.2, -0.15) is 0 Å². The predicted molar refractivity (Wildman–Crippen MR) is 113 cm³/mol. The molecule has 0 aliphatic rings. The van der Waals surface area contributed by atoms with Gasteiger partial charge in [0.05, 0.1) is 11.6 Å². The van der Waals surface area contributed by atoms with Crippen molar-refractivity contribution in [2.24, 2.45) is 4.99 Å². The van der Waals surface area contributed by atoms with Crippen molar-refractivity contribution in [3.8, 4) is 0 Å². The van der Waals surface area contributed by atoms with Crippen LogP contribution in [-0.2, 0) is 17.8 Å². The highest BCUT2D eigenvalue weighted by Crippen LogP contribution is 2.12. The van der Waals surface area contributed by atoms with E-state index in [4.69, 9.17) is 0 Å². The molecule has 0 aliphatic carbocycles. The first-order valence-electron chi connectivity index (χ1n) is 9.43. The Kier molecular flexibility index (Phi) is 8.77. The first kappa shape index (κ1) is 20.9. The fraction of sp³-hybridized carbons (Fsp3) is 0.450. The number of nitrogens with zero attached hydrogens (tertiary/aromatic N) is 2. The van der Waals surface area contributed by atoms with E-state index in [0.29, 0.717) is 13.0 Å². The van der Waals surface area contributed by atoms with Gasteiger partial charge < -0.3 is 16.0 Å². The van der Waals surface area contributed by atoms with Crippen LogP contribution in [0.5, 0.6) is 0 Å². The van der Waals surface area contributed by atoms with Gasteiger partial charge in [0, 0.05) is 42.7 Å². The largest absolute Gasteiger partial charge is 0.357 e. The minimum absolute atomic E-state index is 0.0531. The Labute approximate surface area is 165 Å². The molecule has 146 valence electrons. The number of carbonyl (C=O) groups is 1. The smallest absolute Gasteiger partial charge is 0.224 e. The third-order valence-corrected chi connectivity index (χ3v) is 4.75. The summed E-state index contributed by atoms with van der Waals surface area (Å²) in [7, 11) is 0. The maximum atomic E-state index is 11.6. The number of amides is 1. The number of rotatable bonds is 9. The number of hydrogen-bond acceptors (Lipinski definition) is 4. The van der Waals surface area contributed by atoms with E-state index < -0.39 is 0 Å². The zero-order valence-corrected chi connectivity index (χ0v) is 17.2. The molecule has 7 heteroatoms. The molecule has 1 aromatic carbocycles. The number of aliphatic imine (C=N–C) groups is 1. The second-order valence-corrected chi connectivity index (χ2v) is 7.55. The Morgan fingerprint density at radius 3 is 2.59 bits per heavy atom. The van der Waals surface area contributed by atoms with Gasteiger partial charge in [-0.15, -0.1) is 11.3 Å². The van der Waals surface area contributed by atoms with Crippen molar-refractivity contribution in [3.05, 3.63) is 45.9 Å². The topological polar surface area (TPSA) is 78.4 Å². The number of hydrogen-bond donors (Lipinski definition) is 3. The van der Waals surface area contributed by atoms with Gasteiger partial charge in [-0.25, -0.2) is 9.98 Å². The summed E-state index contributed by atoms with van der Waals surface area (Å²) < 4.78 is 0. The molecule has 2 aromatic rings. The second-order valence-electron chi connectivity index (χ2n) is 6.23. The lowest BCUT2D eigenvalue weighted by molar-refractivity contribution is -0.116. The van der Waals surface area contributed by atoms with E-state index in [2.05, 4.69) is 39.8 Å². The predicted octanol–water partition coefficient (Wildman–Crippen LogP) is 3.49. The summed E-state index contributed by atoms with van der Waals surface area (Å²) in [6, 6.07) is 7.83. The van der Waals surface area contributed by atoms with E-state index in [0.717, 1.165) is 48.1 Å². The van der Waals surface area contributed by atoms with Gasteiger partial charge in [0.1, 0.15) is 0 Å². The highest BCUT2D eigenvalue weighted by molar-refractivity contribution is 7.11. The molecule has 6 nitrogen and oxygen atoms in total. The van der Waals surface area contributed by atoms with Crippen LogP contribution in [0.2, 0.25) is 0 Å². The van der Waals surface area contributed by atoms with Crippen LogP contribution in [-0.4, -0.2) is 29.9 Å². The maximum absolute atomic E-state index is 11.6. The molecule has 1 aromatic heterocycles. The standard InChI is InChI=1S/C20H29N5OS/c1-4-6-18(26)25-17-9-7-16(8-10-17)14-24-20(21-5-2)22-12-11-19-23-13-15(3)27-19/h7-10,13H,4-6,11-12,14H2,1-3H3,(H,25,26)(H2,21,22,24). The van der Waals surface area contributed by atoms with Crippen molar-refractivity contribution >= 4 is 28.9 Å². The number of carbonyl (C=O) groups excluding carboxylic acids is 1. The Morgan fingerprint density at radius 1 is 1.19 bits per heavy atom. The molecule has 27 heavy (non-hydrogen) atoms. The van der Waals surface area contributed by atoms with Crippen LogP contribution in [0, 0.1) is 6.92 Å². The zero-order chi connectivity index (χ0) is 19.5. The summed E-state index contributed by atoms with van der Waals surface area (Å²) in [6.45, 7) is 8.30. The van der Waals surface area contributed by atoms with Gasteiger partial charge >= 0.3 is 0 Å². The number of aryl methyl sites for hydroxylation is 1. The summed E-state index contributed by atoms with van der Waals surface area (Å²) in [6.07, 6.45) is 4.19. The number of benzene rings is 1. The lowest BCUT2D eigenvalue weighted by Crippen LogP contribution is -2.38. The fourth-order valence-electron chi connectivity index (χ4n) is 2.46. The van der Waals surface area contributed by atoms with Crippen LogP contribution in [0.3, 0.4) is 0 Å². The summed E-state index contributed by atoms with van der Waals surface area (Å²) >= 11 is 1.73. The summed E-state index contributed by atoms with van der Waals surface area (Å²) in [5.41, 5.74) is 1.92. The van der Waals surface area contributed by atoms with Gasteiger partial charge in [0.25, 0.3) is 0 Å². The molecule has 1 heterocycles. The first-order chi connectivity index (χ1) is 13.1. The maximum Gasteiger partial charge on any atom is 0.224 e. The van der Waals surface area contributed by atoms with Crippen LogP contribution >= 0.6 is 11.3 Å². The summed E-state index contributed by atoms with van der Waals surface area (Å²) in [5.74, 6) is 0.850. The van der Waals surface area contributed by atoms with Crippen molar-refractivity contribution in [3.63, 3.8) is 0 Å². The van der Waals surface area contributed by atoms with E-state index >= 15 is 0 Å². The Hall–Kier alpha value is -2.41. The molecule has 0 saturated heterocycles. The molecule has 1 amide bonds. The Bertz CT molecular complexity index is 739. The van der Waals surface area contributed by atoms with Crippen LogP contribution in [0.1, 0.15) is 42.1 Å². The minimum Gasteiger partial charge on any atom is -0.357 e. The fourth-order valence-corrected chi connectivity index (χ4v) is 3.25. The molecular weight excluding hydrogens is 358 g/mol. The van der Waals surface area contributed by atoms with Gasteiger partial charge in [-0.1, -0.05) is 19.1 Å². The molecule has 0 saturated carbocycles. The molecular formula is C20H29N5OS. The van der Waals surface area contributed by atoms with Crippen molar-refractivity contribution in [2.75, 3.05) is 18.4 Å². The quantitative estimate of drug-likeness (QED) is 0.455. The van der Waals surface area contributed by atoms with Crippen molar-refractivity contribution in [1.82, 2.24) is 15.6 Å². The van der Waals surface area contributed by atoms with Gasteiger partial charge in [0.2, 0.25) is 5.91 Å². The summed E-state index contributed by atoms with van der Waals surface area (Å²) in [4.78, 5) is 21.9. The molecule has 0 unspecified atom stereocenters. The molecule has 0 fully saturated rings. The highest BCUT2D eigenvalue weighted by Gasteiger charge is 2.03. The second kappa shape index (κ2) is 11.3. The van der Waals surface area contributed by atoms with Gasteiger partial charge in [0.15, 0.2) is 5.96 Å². The first-order valence-corrected chi connectivity index (χ1v) is 10.2. The van der Waals surface area contributed by atoms with E-state index in [1.54, 1.807) is 11.3 Å². The molecule has 3 N–H and O–H groups in total. The number of nitrogens with one attached hydrogen (secondary N) is 3. The lowest BCUT2D eigenvalue weighted by atomic mass is 10.2. The number of guanidine groups is 1. The summed E-state index contributed by atoms with van der Waals surface area (Å²) in [5, 5.41) is 10.6. The normalized spacial score (nSPS) is 11.3. The minimum atomic E-state index is 0.0531. The number of aromatic nitrogens is 1. The van der Waals surface area contributed by atoms with Crippen LogP contribution in [0.4, 0.5) is 5.69 Å². The van der Waals surface area contributed by atoms with E-state index in [1.807, 2.05) is 37.4 Å². The average Bonchev–Trinajstić information content (AvgIpc) is 3.06. The number of thiazole rings is 1. The van der Waals surface area contributed by atoms with E-state index in [-0.39, 0.29) is 5.91 Å². The zero-order valence-electron chi connectivity index (χ0n) is 16.3. The van der Waals surface area contributed by atoms with E-state index in [1.165, 1.54) is 4.88 Å². The van der Waals surface area contributed by atoms with Crippen LogP contribution < -0.4 is 16.0 Å². The molecule has 0 radical (unpaired) electrons.